The molecule has 1 aromatic rings. The van der Waals surface area contributed by atoms with E-state index in [9.17, 15) is 4.79 Å². The fourth-order valence-electron chi connectivity index (χ4n) is 1.90. The zero-order valence-corrected chi connectivity index (χ0v) is 9.30. The Kier molecular flexibility index (Phi) is 2.76. The lowest BCUT2D eigenvalue weighted by atomic mass is 9.99. The summed E-state index contributed by atoms with van der Waals surface area (Å²) in [6.45, 7) is 4.14. The van der Waals surface area contributed by atoms with E-state index in [1.54, 1.807) is 0 Å². The van der Waals surface area contributed by atoms with Gasteiger partial charge in [-0.1, -0.05) is 6.07 Å². The number of aryl methyl sites for hydroxylation is 3. The van der Waals surface area contributed by atoms with Gasteiger partial charge in [0, 0.05) is 6.42 Å². The minimum absolute atomic E-state index is 0.0980. The van der Waals surface area contributed by atoms with Crippen molar-refractivity contribution in [3.63, 3.8) is 0 Å². The van der Waals surface area contributed by atoms with E-state index in [-0.39, 0.29) is 5.97 Å². The van der Waals surface area contributed by atoms with Crippen LogP contribution in [0.3, 0.4) is 0 Å². The van der Waals surface area contributed by atoms with Crippen LogP contribution in [-0.4, -0.2) is 5.97 Å². The molecule has 0 unspecified atom stereocenters. The number of ether oxygens (including phenoxy) is 1. The van der Waals surface area contributed by atoms with Gasteiger partial charge in [0.1, 0.15) is 5.75 Å². The maximum atomic E-state index is 11.4. The third-order valence-electron chi connectivity index (χ3n) is 2.98. The molecule has 0 N–H and O–H groups in total. The first-order valence-electron chi connectivity index (χ1n) is 5.47. The third kappa shape index (κ3) is 2.20. The molecule has 2 heteroatoms. The monoisotopic (exact) mass is 204 g/mol. The summed E-state index contributed by atoms with van der Waals surface area (Å²) < 4.78 is 5.33. The van der Waals surface area contributed by atoms with Crippen molar-refractivity contribution in [3.8, 4) is 5.75 Å². The Morgan fingerprint density at radius 1 is 1.07 bits per heavy atom. The van der Waals surface area contributed by atoms with Crippen LogP contribution in [0.2, 0.25) is 0 Å². The van der Waals surface area contributed by atoms with Gasteiger partial charge in [0.25, 0.3) is 0 Å². The van der Waals surface area contributed by atoms with E-state index in [2.05, 4.69) is 13.0 Å². The third-order valence-corrected chi connectivity index (χ3v) is 2.98. The van der Waals surface area contributed by atoms with Crippen molar-refractivity contribution in [2.45, 2.75) is 39.5 Å². The number of fused-ring (bicyclic) bond motifs is 1. The predicted octanol–water partition coefficient (Wildman–Crippen LogP) is 2.94. The molecule has 0 saturated carbocycles. The van der Waals surface area contributed by atoms with Crippen molar-refractivity contribution in [1.82, 2.24) is 0 Å². The molecule has 0 fully saturated rings. The van der Waals surface area contributed by atoms with Crippen LogP contribution >= 0.6 is 0 Å². The summed E-state index contributed by atoms with van der Waals surface area (Å²) in [4.78, 5) is 11.4. The van der Waals surface area contributed by atoms with Crippen LogP contribution in [0.15, 0.2) is 12.1 Å². The number of rotatable bonds is 0. The Morgan fingerprint density at radius 3 is 2.53 bits per heavy atom. The van der Waals surface area contributed by atoms with Crippen molar-refractivity contribution in [2.75, 3.05) is 0 Å². The number of carbonyl (C=O) groups is 1. The molecule has 2 rings (SSSR count). The molecule has 0 aliphatic carbocycles. The van der Waals surface area contributed by atoms with Gasteiger partial charge in [-0.3, -0.25) is 4.79 Å². The number of esters is 1. The van der Waals surface area contributed by atoms with Crippen LogP contribution < -0.4 is 4.74 Å². The summed E-state index contributed by atoms with van der Waals surface area (Å²) in [6.07, 6.45) is 3.58. The second-order valence-electron chi connectivity index (χ2n) is 4.23. The average Bonchev–Trinajstić information content (AvgIpc) is 2.17. The first kappa shape index (κ1) is 10.2. The Morgan fingerprint density at radius 2 is 1.73 bits per heavy atom. The molecule has 80 valence electrons. The molecule has 0 saturated heterocycles. The van der Waals surface area contributed by atoms with Crippen LogP contribution in [0.5, 0.6) is 5.75 Å². The van der Waals surface area contributed by atoms with Crippen LogP contribution in [0.25, 0.3) is 0 Å². The highest BCUT2D eigenvalue weighted by atomic mass is 16.5. The Balaban J connectivity index is 2.41. The molecule has 2 nitrogen and oxygen atoms in total. The first-order chi connectivity index (χ1) is 7.16. The molecule has 1 aliphatic heterocycles. The van der Waals surface area contributed by atoms with Gasteiger partial charge < -0.3 is 4.74 Å². The highest BCUT2D eigenvalue weighted by Gasteiger charge is 2.14. The lowest BCUT2D eigenvalue weighted by molar-refractivity contribution is -0.134. The van der Waals surface area contributed by atoms with Gasteiger partial charge in [-0.25, -0.2) is 0 Å². The molecule has 0 spiro atoms. The molecular weight excluding hydrogens is 188 g/mol. The Hall–Kier alpha value is -1.31. The van der Waals surface area contributed by atoms with Gasteiger partial charge in [0.15, 0.2) is 0 Å². The predicted molar refractivity (Wildman–Crippen MR) is 59.1 cm³/mol. The van der Waals surface area contributed by atoms with E-state index in [0.717, 1.165) is 25.0 Å². The summed E-state index contributed by atoms with van der Waals surface area (Å²) in [7, 11) is 0. The molecule has 0 amide bonds. The summed E-state index contributed by atoms with van der Waals surface area (Å²) in [5.74, 6) is 0.669. The van der Waals surface area contributed by atoms with E-state index in [1.807, 2.05) is 13.0 Å². The molecule has 0 atom stereocenters. The number of benzene rings is 1. The highest BCUT2D eigenvalue weighted by Crippen LogP contribution is 2.27. The summed E-state index contributed by atoms with van der Waals surface area (Å²) >= 11 is 0. The molecule has 15 heavy (non-hydrogen) atoms. The normalized spacial score (nSPS) is 16.3. The minimum Gasteiger partial charge on any atom is -0.426 e. The van der Waals surface area contributed by atoms with Crippen LogP contribution in [-0.2, 0) is 11.2 Å². The molecule has 1 aromatic carbocycles. The fraction of sp³-hybridized carbons (Fsp3) is 0.462. The van der Waals surface area contributed by atoms with Gasteiger partial charge in [0.2, 0.25) is 0 Å². The Bertz CT molecular complexity index is 394. The second kappa shape index (κ2) is 4.05. The quantitative estimate of drug-likeness (QED) is 0.479. The van der Waals surface area contributed by atoms with Gasteiger partial charge in [0.05, 0.1) is 0 Å². The second-order valence-corrected chi connectivity index (χ2v) is 4.23. The van der Waals surface area contributed by atoms with E-state index in [1.165, 1.54) is 16.7 Å². The molecule has 1 heterocycles. The summed E-state index contributed by atoms with van der Waals surface area (Å²) in [5, 5.41) is 0. The SMILES string of the molecule is Cc1cc2c(cc1C)OC(=O)CCCC2. The standard InChI is InChI=1S/C13H16O2/c1-9-7-11-5-3-4-6-13(14)15-12(11)8-10(9)2/h7-8H,3-6H2,1-2H3. The van der Waals surface area contributed by atoms with Crippen molar-refractivity contribution >= 4 is 5.97 Å². The largest absolute Gasteiger partial charge is 0.426 e. The average molecular weight is 204 g/mol. The maximum absolute atomic E-state index is 11.4. The van der Waals surface area contributed by atoms with Crippen molar-refractivity contribution in [2.24, 2.45) is 0 Å². The lowest BCUT2D eigenvalue weighted by Gasteiger charge is -2.15. The Labute approximate surface area is 90.3 Å². The van der Waals surface area contributed by atoms with Gasteiger partial charge >= 0.3 is 5.97 Å². The number of carbonyl (C=O) groups excluding carboxylic acids is 1. The topological polar surface area (TPSA) is 26.3 Å². The van der Waals surface area contributed by atoms with E-state index >= 15 is 0 Å². The van der Waals surface area contributed by atoms with Crippen molar-refractivity contribution in [3.05, 3.63) is 28.8 Å². The lowest BCUT2D eigenvalue weighted by Crippen LogP contribution is -2.12. The minimum atomic E-state index is -0.0980. The van der Waals surface area contributed by atoms with Crippen molar-refractivity contribution in [1.29, 1.82) is 0 Å². The van der Waals surface area contributed by atoms with Gasteiger partial charge in [-0.05, 0) is 55.9 Å². The number of hydrogen-bond donors (Lipinski definition) is 0. The first-order valence-corrected chi connectivity index (χ1v) is 5.47. The molecule has 0 bridgehead atoms. The van der Waals surface area contributed by atoms with E-state index in [4.69, 9.17) is 4.74 Å². The van der Waals surface area contributed by atoms with Crippen LogP contribution in [0.4, 0.5) is 0 Å². The van der Waals surface area contributed by atoms with Crippen LogP contribution in [0.1, 0.15) is 36.0 Å². The van der Waals surface area contributed by atoms with Gasteiger partial charge in [-0.15, -0.1) is 0 Å². The van der Waals surface area contributed by atoms with E-state index in [0.29, 0.717) is 6.42 Å². The molecule has 0 radical (unpaired) electrons. The van der Waals surface area contributed by atoms with Crippen LogP contribution in [0, 0.1) is 13.8 Å². The fourth-order valence-corrected chi connectivity index (χ4v) is 1.90. The summed E-state index contributed by atoms with van der Waals surface area (Å²) in [5.41, 5.74) is 3.62. The highest BCUT2D eigenvalue weighted by molar-refractivity contribution is 5.73. The summed E-state index contributed by atoms with van der Waals surface area (Å²) in [6, 6.07) is 4.12. The maximum Gasteiger partial charge on any atom is 0.311 e. The van der Waals surface area contributed by atoms with Gasteiger partial charge in [-0.2, -0.15) is 0 Å². The zero-order chi connectivity index (χ0) is 10.8. The van der Waals surface area contributed by atoms with Crippen molar-refractivity contribution < 1.29 is 9.53 Å². The molecular formula is C13H16O2. The zero-order valence-electron chi connectivity index (χ0n) is 9.30. The molecule has 0 aromatic heterocycles. The smallest absolute Gasteiger partial charge is 0.311 e. The number of hydrogen-bond acceptors (Lipinski definition) is 2. The molecule has 1 aliphatic rings. The van der Waals surface area contributed by atoms with E-state index < -0.39 is 0 Å².